The van der Waals surface area contributed by atoms with Crippen LogP contribution < -0.4 is 78.4 Å². The Morgan fingerprint density at radius 1 is 0.375 bits per heavy atom. The fraction of sp³-hybridized carbons (Fsp3) is 0.825. The number of nitrogens with two attached hydrogens (primary N) is 8. The number of unbranched alkanes of at least 4 members (excludes halogenated alkanes) is 4. The van der Waals surface area contributed by atoms with Gasteiger partial charge in [-0.3, -0.25) is 36.9 Å². The van der Waals surface area contributed by atoms with Crippen molar-refractivity contribution in [2.45, 2.75) is 259 Å². The normalized spacial score (nSPS) is 11.5. The van der Waals surface area contributed by atoms with E-state index in [9.17, 15) is 47.9 Å². The molecule has 6 amide bonds. The molecule has 580 valence electrons. The van der Waals surface area contributed by atoms with Crippen molar-refractivity contribution in [2.24, 2.45) is 46.3 Å². The summed E-state index contributed by atoms with van der Waals surface area (Å²) < 4.78 is 43.4. The van der Waals surface area contributed by atoms with Crippen molar-refractivity contribution < 1.29 is 95.7 Å². The van der Waals surface area contributed by atoms with Crippen LogP contribution >= 0.6 is 62.0 Å². The summed E-state index contributed by atoms with van der Waals surface area (Å²) in [5.41, 5.74) is 21.6. The summed E-state index contributed by atoms with van der Waals surface area (Å²) in [4.78, 5) is 114. The largest absolute Gasteiger partial charge is 0.519 e. The first-order valence-electron chi connectivity index (χ1n) is 29.5. The lowest BCUT2D eigenvalue weighted by atomic mass is 10.1. The number of ether oxygens (including phenoxy) is 9. The van der Waals surface area contributed by atoms with Gasteiger partial charge in [0.05, 0.1) is 20.3 Å². The van der Waals surface area contributed by atoms with Gasteiger partial charge in [-0.05, 0) is 202 Å². The first kappa shape index (κ1) is 118. The molecule has 0 aromatic heterocycles. The van der Waals surface area contributed by atoms with E-state index in [0.29, 0.717) is 77.5 Å². The lowest BCUT2D eigenvalue weighted by Gasteiger charge is -2.23. The van der Waals surface area contributed by atoms with Gasteiger partial charge in [-0.25, -0.2) is 45.2 Å². The number of rotatable bonds is 24. The first-order chi connectivity index (χ1) is 41.6. The Bertz CT molecular complexity index is 1890. The summed E-state index contributed by atoms with van der Waals surface area (Å²) in [6.45, 7) is 33.2. The van der Waals surface area contributed by atoms with Crippen LogP contribution in [0.1, 0.15) is 202 Å². The molecule has 0 fully saturated rings. The number of hydrogen-bond acceptors (Lipinski definition) is 28. The van der Waals surface area contributed by atoms with Crippen molar-refractivity contribution in [3.8, 4) is 0 Å². The number of alkyl carbamates (subject to hydrolysis) is 4. The van der Waals surface area contributed by atoms with Gasteiger partial charge in [0, 0.05) is 20.2 Å². The Morgan fingerprint density at radius 3 is 0.927 bits per heavy atom. The summed E-state index contributed by atoms with van der Waals surface area (Å²) in [7, 11) is 3.60. The highest BCUT2D eigenvalue weighted by Crippen LogP contribution is 2.14. The van der Waals surface area contributed by atoms with Gasteiger partial charge in [0.1, 0.15) is 51.7 Å². The molecule has 0 aliphatic carbocycles. The van der Waals surface area contributed by atoms with Crippen LogP contribution in [0.25, 0.3) is 0 Å². The number of esters is 2. The number of amides is 6. The van der Waals surface area contributed by atoms with Crippen molar-refractivity contribution >= 4 is 122 Å². The molecule has 23 N–H and O–H groups in total. The predicted octanol–water partition coefficient (Wildman–Crippen LogP) is 5.77. The van der Waals surface area contributed by atoms with E-state index < -0.39 is 106 Å². The first-order valence-corrected chi connectivity index (χ1v) is 29.5. The minimum Gasteiger partial charge on any atom is -0.468 e. The molecule has 0 aliphatic heterocycles. The summed E-state index contributed by atoms with van der Waals surface area (Å²) >= 11 is 0. The summed E-state index contributed by atoms with van der Waals surface area (Å²) in [6.07, 6.45) is 3.57. The summed E-state index contributed by atoms with van der Waals surface area (Å²) in [5.74, 6) is 16.3. The third kappa shape index (κ3) is 90.8. The molecule has 0 rings (SSSR count). The lowest BCUT2D eigenvalue weighted by Crippen LogP contribution is -2.50. The van der Waals surface area contributed by atoms with Crippen molar-refractivity contribution in [1.82, 2.24) is 32.1 Å². The van der Waals surface area contributed by atoms with E-state index in [0.717, 1.165) is 32.8 Å². The lowest BCUT2D eigenvalue weighted by molar-refractivity contribution is -0.143. The molecule has 0 heterocycles. The molecule has 4 atom stereocenters. The second-order valence-corrected chi connectivity index (χ2v) is 25.1. The minimum atomic E-state index is -1.06. The monoisotopic (exact) mass is 1500 g/mol. The maximum Gasteiger partial charge on any atom is 0.519 e. The molecule has 0 radical (unpaired) electrons. The second-order valence-electron chi connectivity index (χ2n) is 25.1. The Balaban J connectivity index is -0.0000000929. The Labute approximate surface area is 600 Å². The molecule has 0 spiro atoms. The Hall–Kier alpha value is -5.21. The Kier molecular flexibility index (Phi) is 80.7. The smallest absolute Gasteiger partial charge is 0.468 e. The van der Waals surface area contributed by atoms with Crippen molar-refractivity contribution in [2.75, 3.05) is 47.5 Å². The van der Waals surface area contributed by atoms with Crippen molar-refractivity contribution in [3.63, 3.8) is 0 Å². The van der Waals surface area contributed by atoms with Crippen LogP contribution in [0.5, 0.6) is 0 Å². The van der Waals surface area contributed by atoms with Crippen LogP contribution in [-0.2, 0) is 61.8 Å². The quantitative estimate of drug-likeness (QED) is 0.0104. The molecule has 34 nitrogen and oxygen atoms in total. The zero-order chi connectivity index (χ0) is 73.0. The van der Waals surface area contributed by atoms with Gasteiger partial charge in [0.25, 0.3) is 11.8 Å². The maximum atomic E-state index is 11.8. The molecule has 0 bridgehead atoms. The van der Waals surface area contributed by atoms with Gasteiger partial charge in [0.15, 0.2) is 0 Å². The van der Waals surface area contributed by atoms with Crippen LogP contribution in [0.4, 0.5) is 28.8 Å². The summed E-state index contributed by atoms with van der Waals surface area (Å²) in [5, 5.41) is 17.3. The van der Waals surface area contributed by atoms with Gasteiger partial charge in [-0.2, -0.15) is 0 Å². The third-order valence-electron chi connectivity index (χ3n) is 9.37. The number of carbonyl (C=O) groups is 10. The van der Waals surface area contributed by atoms with Crippen LogP contribution in [0.15, 0.2) is 0 Å². The average molecular weight is 1510 g/mol. The van der Waals surface area contributed by atoms with Crippen molar-refractivity contribution in [3.05, 3.63) is 0 Å². The minimum absolute atomic E-state index is 0. The van der Waals surface area contributed by atoms with Gasteiger partial charge in [-0.1, -0.05) is 12.8 Å². The fourth-order valence-electron chi connectivity index (χ4n) is 5.75. The highest BCUT2D eigenvalue weighted by Gasteiger charge is 2.27. The number of halogens is 5. The molecule has 0 aromatic carbocycles. The average Bonchev–Trinajstić information content (AvgIpc) is 1.24. The number of hydrogen-bond donors (Lipinski definition) is 15. The summed E-state index contributed by atoms with van der Waals surface area (Å²) in [6, 6.07) is -2.57. The number of hydrazine groups is 3. The molecule has 96 heavy (non-hydrogen) atoms. The van der Waals surface area contributed by atoms with Crippen molar-refractivity contribution in [1.29, 1.82) is 0 Å². The van der Waals surface area contributed by atoms with E-state index in [4.69, 9.17) is 72.9 Å². The molecule has 0 saturated carbocycles. The zero-order valence-electron chi connectivity index (χ0n) is 60.5. The Morgan fingerprint density at radius 2 is 0.646 bits per heavy atom. The van der Waals surface area contributed by atoms with E-state index in [1.165, 1.54) is 14.2 Å². The van der Waals surface area contributed by atoms with E-state index in [1.54, 1.807) is 125 Å². The van der Waals surface area contributed by atoms with E-state index >= 15 is 0 Å². The van der Waals surface area contributed by atoms with Gasteiger partial charge < -0.3 is 91.9 Å². The van der Waals surface area contributed by atoms with Gasteiger partial charge in [-0.15, -0.1) is 62.0 Å². The van der Waals surface area contributed by atoms with Crippen LogP contribution in [0, 0.1) is 0 Å². The predicted molar refractivity (Wildman–Crippen MR) is 379 cm³/mol. The molecule has 0 aromatic rings. The molecule has 0 aliphatic rings. The van der Waals surface area contributed by atoms with Gasteiger partial charge in [0.2, 0.25) is 0 Å². The maximum absolute atomic E-state index is 11.8. The highest BCUT2D eigenvalue weighted by molar-refractivity contribution is 5.86. The highest BCUT2D eigenvalue weighted by atomic mass is 35.5. The topological polar surface area (TPSA) is 554 Å². The SMILES string of the molecule is CC(C)(C)OC(=O)NCCCCC(NC(=O)OC(C)(C)C)C(=O)NN.CC(C)(C)OC(=O)OC(=O)OC(C)(C)C.CO.COC(=O)C(CCCCNC(=O)OC(C)(C)C)NC(=O)OC(C)(C)C.COC(=O)C(N)CCCCN.Cl.Cl.Cl.Cl.Cl.NCCCCC(N)C(=O)NN.NN. The fourth-order valence-corrected chi connectivity index (χ4v) is 5.75. The van der Waals surface area contributed by atoms with Crippen LogP contribution in [0.3, 0.4) is 0 Å². The molecule has 39 heteroatoms. The second kappa shape index (κ2) is 65.7. The zero-order valence-corrected chi connectivity index (χ0v) is 64.6. The number of aliphatic hydroxyl groups is 1. The van der Waals surface area contributed by atoms with E-state index in [1.807, 2.05) is 10.9 Å². The van der Waals surface area contributed by atoms with Gasteiger partial charge >= 0.3 is 48.6 Å². The molecular formula is C57H127Cl5N14O20. The number of nitrogens with one attached hydrogen (secondary N) is 6. The molecular weight excluding hydrogens is 1380 g/mol. The van der Waals surface area contributed by atoms with E-state index in [2.05, 4.69) is 42.4 Å². The van der Waals surface area contributed by atoms with Crippen LogP contribution in [-0.4, -0.2) is 171 Å². The number of aliphatic hydroxyl groups excluding tert-OH is 1. The van der Waals surface area contributed by atoms with E-state index in [-0.39, 0.29) is 73.9 Å². The number of carbonyl (C=O) groups excluding carboxylic acids is 10. The molecule has 0 saturated heterocycles. The molecule has 4 unspecified atom stereocenters. The van der Waals surface area contributed by atoms with Crippen LogP contribution in [0.2, 0.25) is 0 Å². The third-order valence-corrected chi connectivity index (χ3v) is 9.37. The standard InChI is InChI=1S/C17H32N2O6.C16H32N4O5.C10H18O5.C7H16N2O2.C6H16N4O.CH4O.5ClH.H4N2/c1-16(2,3)24-14(21)18-11-9-8-10-12(13(20)23-7)19-15(22)25-17(4,5)6;1-15(2,3)24-13(22)18-10-8-7-9-11(12(21)20-17)19-14(23)25-16(4,5)6;1-9(2,3)14-7(11)13-8(12)15-10(4,5)6;1-11-7(10)6(9)4-2-3-5-8;7-4-2-1-3-5(8)6(11)10-9;1-2;;;;;;1-2/h12H,8-11H2,1-7H3,(H,18,21)(H,19,22);11H,7-10,17H2,1-6H3,(H,18,22)(H,19,23)(H,20,21);1-6H3;6H,2-5,8-9H2,1H3;5H,1-4,7-9H2,(H,10,11);2H,1H3;5*1H;1-2H2. The number of methoxy groups -OCH3 is 2.